The third kappa shape index (κ3) is 4.38. The molecule has 0 unspecified atom stereocenters. The number of fused-ring (bicyclic) bond motifs is 2. The standard InChI is InChI=1S/C24H32N8O/c1-15(2)18-12-29-32-23(27-10-16-4-5-20-19(8-16)28-14-31(20)3)9-22(30-24(18)32)26-11-17-6-7-25-13-21(17)33/h4-5,8-9,12,14-15,17,21,25,27,33H,6-7,10-11,13H2,1-3H3,(H,26,30)/t17-,21+/m1/s1. The summed E-state index contributed by atoms with van der Waals surface area (Å²) in [4.78, 5) is 9.33. The van der Waals surface area contributed by atoms with Gasteiger partial charge in [0.15, 0.2) is 5.65 Å². The third-order valence-electron chi connectivity index (χ3n) is 6.52. The number of benzene rings is 1. The first-order valence-electron chi connectivity index (χ1n) is 11.6. The Hall–Kier alpha value is -3.17. The lowest BCUT2D eigenvalue weighted by atomic mass is 9.95. The van der Waals surface area contributed by atoms with E-state index in [2.05, 4.69) is 58.1 Å². The summed E-state index contributed by atoms with van der Waals surface area (Å²) in [6.07, 6.45) is 4.35. The summed E-state index contributed by atoms with van der Waals surface area (Å²) in [6, 6.07) is 8.33. The highest BCUT2D eigenvalue weighted by molar-refractivity contribution is 5.76. The van der Waals surface area contributed by atoms with E-state index in [9.17, 15) is 5.11 Å². The first-order chi connectivity index (χ1) is 16.0. The summed E-state index contributed by atoms with van der Waals surface area (Å²) >= 11 is 0. The quantitative estimate of drug-likeness (QED) is 0.345. The molecule has 1 aliphatic rings. The van der Waals surface area contributed by atoms with Gasteiger partial charge in [-0.15, -0.1) is 0 Å². The van der Waals surface area contributed by atoms with Gasteiger partial charge in [0, 0.05) is 44.2 Å². The minimum absolute atomic E-state index is 0.209. The molecule has 0 bridgehead atoms. The molecule has 0 spiro atoms. The summed E-state index contributed by atoms with van der Waals surface area (Å²) in [5.41, 5.74) is 5.21. The maximum Gasteiger partial charge on any atom is 0.163 e. The number of imidazole rings is 1. The topological polar surface area (TPSA) is 104 Å². The predicted octanol–water partition coefficient (Wildman–Crippen LogP) is 2.73. The molecule has 0 amide bonds. The number of hydrogen-bond acceptors (Lipinski definition) is 7. The Morgan fingerprint density at radius 1 is 1.24 bits per heavy atom. The minimum Gasteiger partial charge on any atom is -0.391 e. The molecule has 0 radical (unpaired) electrons. The Labute approximate surface area is 193 Å². The molecule has 3 aromatic heterocycles. The van der Waals surface area contributed by atoms with Gasteiger partial charge in [-0.3, -0.25) is 0 Å². The van der Waals surface area contributed by atoms with Crippen LogP contribution in [0.4, 0.5) is 11.6 Å². The van der Waals surface area contributed by atoms with Crippen molar-refractivity contribution in [3.8, 4) is 0 Å². The lowest BCUT2D eigenvalue weighted by Crippen LogP contribution is -2.43. The van der Waals surface area contributed by atoms with Gasteiger partial charge >= 0.3 is 0 Å². The molecule has 174 valence electrons. The van der Waals surface area contributed by atoms with Crippen molar-refractivity contribution < 1.29 is 5.11 Å². The van der Waals surface area contributed by atoms with E-state index in [1.165, 1.54) is 0 Å². The number of nitrogens with one attached hydrogen (secondary N) is 3. The molecular weight excluding hydrogens is 416 g/mol. The van der Waals surface area contributed by atoms with E-state index < -0.39 is 0 Å². The van der Waals surface area contributed by atoms with Gasteiger partial charge in [-0.25, -0.2) is 9.97 Å². The Morgan fingerprint density at radius 3 is 2.94 bits per heavy atom. The second-order valence-electron chi connectivity index (χ2n) is 9.25. The zero-order chi connectivity index (χ0) is 22.9. The zero-order valence-corrected chi connectivity index (χ0v) is 19.4. The van der Waals surface area contributed by atoms with E-state index in [-0.39, 0.29) is 12.0 Å². The Bertz CT molecular complexity index is 1260. The summed E-state index contributed by atoms with van der Waals surface area (Å²) in [5.74, 6) is 2.19. The number of aromatic nitrogens is 5. The van der Waals surface area contributed by atoms with Gasteiger partial charge in [0.05, 0.1) is 29.7 Å². The van der Waals surface area contributed by atoms with Crippen molar-refractivity contribution in [3.05, 3.63) is 47.9 Å². The van der Waals surface area contributed by atoms with Crippen molar-refractivity contribution in [1.29, 1.82) is 0 Å². The molecule has 9 heteroatoms. The molecule has 33 heavy (non-hydrogen) atoms. The zero-order valence-electron chi connectivity index (χ0n) is 19.4. The van der Waals surface area contributed by atoms with Gasteiger partial charge in [0.2, 0.25) is 0 Å². The van der Waals surface area contributed by atoms with Gasteiger partial charge in [-0.2, -0.15) is 9.61 Å². The van der Waals surface area contributed by atoms with Crippen LogP contribution in [0.15, 0.2) is 36.8 Å². The van der Waals surface area contributed by atoms with Crippen LogP contribution < -0.4 is 16.0 Å². The fraction of sp³-hybridized carbons (Fsp3) is 0.458. The minimum atomic E-state index is -0.338. The maximum atomic E-state index is 10.3. The molecule has 4 N–H and O–H groups in total. The van der Waals surface area contributed by atoms with Crippen molar-refractivity contribution in [3.63, 3.8) is 0 Å². The average molecular weight is 449 g/mol. The number of rotatable bonds is 7. The molecule has 5 rings (SSSR count). The van der Waals surface area contributed by atoms with Gasteiger partial charge < -0.3 is 25.6 Å². The molecule has 1 saturated heterocycles. The number of piperidine rings is 1. The molecule has 1 aliphatic heterocycles. The number of aryl methyl sites for hydroxylation is 1. The Kier molecular flexibility index (Phi) is 5.90. The van der Waals surface area contributed by atoms with Crippen LogP contribution in [0, 0.1) is 5.92 Å². The lowest BCUT2D eigenvalue weighted by molar-refractivity contribution is 0.0883. The highest BCUT2D eigenvalue weighted by atomic mass is 16.3. The molecule has 1 fully saturated rings. The highest BCUT2D eigenvalue weighted by Gasteiger charge is 2.23. The van der Waals surface area contributed by atoms with Gasteiger partial charge in [-0.1, -0.05) is 19.9 Å². The molecule has 4 heterocycles. The van der Waals surface area contributed by atoms with E-state index in [0.717, 1.165) is 52.4 Å². The van der Waals surface area contributed by atoms with Crippen molar-refractivity contribution in [2.45, 2.75) is 38.8 Å². The normalized spacial score (nSPS) is 18.9. The van der Waals surface area contributed by atoms with Crippen LogP contribution in [-0.4, -0.2) is 55.0 Å². The largest absolute Gasteiger partial charge is 0.391 e. The maximum absolute atomic E-state index is 10.3. The number of nitrogens with zero attached hydrogens (tertiary/aromatic N) is 5. The van der Waals surface area contributed by atoms with E-state index in [1.807, 2.05) is 34.7 Å². The number of anilines is 2. The molecule has 0 aliphatic carbocycles. The first kappa shape index (κ1) is 21.7. The molecule has 1 aromatic carbocycles. The number of aliphatic hydroxyl groups excluding tert-OH is 1. The van der Waals surface area contributed by atoms with Crippen molar-refractivity contribution in [2.75, 3.05) is 30.3 Å². The van der Waals surface area contributed by atoms with Crippen molar-refractivity contribution in [2.24, 2.45) is 13.0 Å². The van der Waals surface area contributed by atoms with Crippen molar-refractivity contribution in [1.82, 2.24) is 29.5 Å². The molecule has 2 atom stereocenters. The Balaban J connectivity index is 1.40. The summed E-state index contributed by atoms with van der Waals surface area (Å²) in [6.45, 7) is 7.22. The highest BCUT2D eigenvalue weighted by Crippen LogP contribution is 2.25. The van der Waals surface area contributed by atoms with E-state index in [1.54, 1.807) is 0 Å². The van der Waals surface area contributed by atoms with Crippen LogP contribution in [0.5, 0.6) is 0 Å². The van der Waals surface area contributed by atoms with Crippen LogP contribution in [0.25, 0.3) is 16.7 Å². The van der Waals surface area contributed by atoms with Crippen LogP contribution in [0.2, 0.25) is 0 Å². The number of hydrogen-bond donors (Lipinski definition) is 4. The van der Waals surface area contributed by atoms with Crippen molar-refractivity contribution >= 4 is 28.3 Å². The smallest absolute Gasteiger partial charge is 0.163 e. The monoisotopic (exact) mass is 448 g/mol. The first-order valence-corrected chi connectivity index (χ1v) is 11.6. The molecular formula is C24H32N8O. The SMILES string of the molecule is CC(C)c1cnn2c(NCc3ccc4c(c3)ncn4C)cc(NC[C@H]3CCNC[C@@H]3O)nc12. The summed E-state index contributed by atoms with van der Waals surface area (Å²) in [5, 5.41) is 25.1. The van der Waals surface area contributed by atoms with Gasteiger partial charge in [0.1, 0.15) is 11.6 Å². The summed E-state index contributed by atoms with van der Waals surface area (Å²) < 4.78 is 3.90. The Morgan fingerprint density at radius 2 is 2.12 bits per heavy atom. The molecule has 9 nitrogen and oxygen atoms in total. The fourth-order valence-electron chi connectivity index (χ4n) is 4.46. The van der Waals surface area contributed by atoms with Crippen LogP contribution in [0.3, 0.4) is 0 Å². The molecule has 0 saturated carbocycles. The second kappa shape index (κ2) is 8.99. The van der Waals surface area contributed by atoms with Gasteiger partial charge in [0.25, 0.3) is 0 Å². The van der Waals surface area contributed by atoms with Crippen LogP contribution >= 0.6 is 0 Å². The fourth-order valence-corrected chi connectivity index (χ4v) is 4.46. The van der Waals surface area contributed by atoms with Gasteiger partial charge in [-0.05, 0) is 36.6 Å². The van der Waals surface area contributed by atoms with E-state index in [4.69, 9.17) is 4.98 Å². The second-order valence-corrected chi connectivity index (χ2v) is 9.25. The lowest BCUT2D eigenvalue weighted by Gasteiger charge is -2.28. The van der Waals surface area contributed by atoms with Crippen LogP contribution in [-0.2, 0) is 13.6 Å². The third-order valence-corrected chi connectivity index (χ3v) is 6.52. The summed E-state index contributed by atoms with van der Waals surface area (Å²) in [7, 11) is 2.00. The average Bonchev–Trinajstić information content (AvgIpc) is 3.40. The van der Waals surface area contributed by atoms with E-state index in [0.29, 0.717) is 25.6 Å². The predicted molar refractivity (Wildman–Crippen MR) is 131 cm³/mol. The van der Waals surface area contributed by atoms with E-state index >= 15 is 0 Å². The number of aliphatic hydroxyl groups is 1. The van der Waals surface area contributed by atoms with Crippen LogP contribution in [0.1, 0.15) is 37.3 Å². The number of β-amino-alcohol motifs (C(OH)–C–C–N with tert-alkyl or cyclic N) is 1. The molecule has 4 aromatic rings.